The number of aryl methyl sites for hydroxylation is 2. The first kappa shape index (κ1) is 30.4. The largest absolute Gasteiger partial charge is 0.506 e. The fourth-order valence-corrected chi connectivity index (χ4v) is 5.72. The molecule has 0 aliphatic heterocycles. The van der Waals surface area contributed by atoms with E-state index in [1.807, 2.05) is 60.7 Å². The number of hydrogen-bond donors (Lipinski definition) is 6. The van der Waals surface area contributed by atoms with Crippen LogP contribution in [0, 0.1) is 0 Å². The van der Waals surface area contributed by atoms with Crippen molar-refractivity contribution in [2.75, 3.05) is 11.9 Å². The van der Waals surface area contributed by atoms with Gasteiger partial charge in [0, 0.05) is 36.7 Å². The third kappa shape index (κ3) is 6.55. The number of aromatic nitrogens is 2. The minimum absolute atomic E-state index is 0.0722. The first-order valence-electron chi connectivity index (χ1n) is 14.8. The lowest BCUT2D eigenvalue weighted by molar-refractivity contribution is 0.176. The molecule has 11 heteroatoms. The van der Waals surface area contributed by atoms with Crippen LogP contribution in [-0.4, -0.2) is 37.5 Å². The number of aromatic hydroxyl groups is 1. The maximum atomic E-state index is 12.7. The highest BCUT2D eigenvalue weighted by Gasteiger charge is 2.15. The van der Waals surface area contributed by atoms with Crippen molar-refractivity contribution in [3.8, 4) is 16.9 Å². The van der Waals surface area contributed by atoms with Gasteiger partial charge in [-0.1, -0.05) is 54.6 Å². The summed E-state index contributed by atoms with van der Waals surface area (Å²) in [5.74, 6) is -0.530. The number of fused-ring (bicyclic) bond motifs is 2. The Bertz CT molecular complexity index is 2150. The Balaban J connectivity index is 1.12. The quantitative estimate of drug-likeness (QED) is 0.113. The number of nitrogens with one attached hydrogen (secondary N) is 3. The van der Waals surface area contributed by atoms with Crippen molar-refractivity contribution < 1.29 is 24.5 Å². The maximum Gasteiger partial charge on any atom is 0.419 e. The molecule has 0 bridgehead atoms. The van der Waals surface area contributed by atoms with Gasteiger partial charge >= 0.3 is 11.8 Å². The molecule has 0 spiro atoms. The molecule has 46 heavy (non-hydrogen) atoms. The van der Waals surface area contributed by atoms with E-state index < -0.39 is 18.0 Å². The van der Waals surface area contributed by atoms with Gasteiger partial charge in [0.1, 0.15) is 5.75 Å². The summed E-state index contributed by atoms with van der Waals surface area (Å²) < 4.78 is 7.06. The number of aromatic amines is 1. The van der Waals surface area contributed by atoms with Gasteiger partial charge in [0.15, 0.2) is 5.58 Å². The molecule has 6 aromatic rings. The number of benzene rings is 4. The number of carbonyl (C=O) groups is 1. The van der Waals surface area contributed by atoms with Gasteiger partial charge in [0.25, 0.3) is 0 Å². The number of aliphatic hydroxyl groups excluding tert-OH is 1. The summed E-state index contributed by atoms with van der Waals surface area (Å²) in [5, 5.41) is 36.7. The summed E-state index contributed by atoms with van der Waals surface area (Å²) >= 11 is 0. The molecule has 0 fully saturated rings. The van der Waals surface area contributed by atoms with E-state index in [1.54, 1.807) is 22.8 Å². The van der Waals surface area contributed by atoms with Crippen molar-refractivity contribution in [1.29, 1.82) is 0 Å². The fraction of sp³-hybridized carbons (Fsp3) is 0.171. The van der Waals surface area contributed by atoms with E-state index >= 15 is 0 Å². The predicted molar refractivity (Wildman–Crippen MR) is 175 cm³/mol. The van der Waals surface area contributed by atoms with Crippen LogP contribution in [0.2, 0.25) is 0 Å². The number of anilines is 1. The van der Waals surface area contributed by atoms with E-state index in [9.17, 15) is 29.7 Å². The second-order valence-electron chi connectivity index (χ2n) is 11.0. The van der Waals surface area contributed by atoms with Gasteiger partial charge in [0.05, 0.1) is 22.8 Å². The van der Waals surface area contributed by atoms with E-state index in [4.69, 9.17) is 4.42 Å². The molecule has 11 nitrogen and oxygen atoms in total. The number of hydrogen-bond acceptors (Lipinski definition) is 7. The number of carboxylic acid groups (broad SMARTS) is 1. The lowest BCUT2D eigenvalue weighted by Crippen LogP contribution is -2.21. The average Bonchev–Trinajstić information content (AvgIpc) is 3.35. The van der Waals surface area contributed by atoms with Crippen molar-refractivity contribution >= 4 is 33.8 Å². The third-order valence-corrected chi connectivity index (χ3v) is 7.92. The van der Waals surface area contributed by atoms with Gasteiger partial charge in [-0.05, 0) is 65.4 Å². The molecule has 4 aromatic carbocycles. The highest BCUT2D eigenvalue weighted by Crippen LogP contribution is 2.30. The van der Waals surface area contributed by atoms with Crippen molar-refractivity contribution in [1.82, 2.24) is 14.9 Å². The van der Waals surface area contributed by atoms with Crippen LogP contribution in [0.5, 0.6) is 5.75 Å². The van der Waals surface area contributed by atoms with Gasteiger partial charge in [-0.15, -0.1) is 0 Å². The van der Waals surface area contributed by atoms with Gasteiger partial charge < -0.3 is 30.0 Å². The number of phenolic OH excluding ortho intramolecular Hbond substituents is 1. The van der Waals surface area contributed by atoms with Crippen LogP contribution in [0.15, 0.2) is 105 Å². The number of H-pyrrole nitrogens is 1. The minimum atomic E-state index is -1.14. The normalized spacial score (nSPS) is 12.0. The van der Waals surface area contributed by atoms with Crippen LogP contribution in [0.1, 0.15) is 29.2 Å². The molecule has 0 saturated carbocycles. The molecule has 0 aliphatic rings. The second kappa shape index (κ2) is 13.1. The topological polar surface area (TPSA) is 170 Å². The van der Waals surface area contributed by atoms with Crippen LogP contribution >= 0.6 is 0 Å². The lowest BCUT2D eigenvalue weighted by Gasteiger charge is -2.15. The van der Waals surface area contributed by atoms with Crippen LogP contribution in [0.25, 0.3) is 33.1 Å². The standard InChI is InChI=1S/C35H32N4O7/c40-29-13-11-25(26-12-15-32(42)38-33(26)29)30(41)20-36-19-22-9-14-31-28(18-22)39(35(45)46-31)16-4-5-21-8-10-24(23-6-2-1-3-7-23)27(17-21)37-34(43)44/h1-3,6-15,17-18,30,36-37,40-41H,4-5,16,19-20H2,(H,38,42)(H,43,44)/t30-/m0/s1. The molecule has 0 radical (unpaired) electrons. The number of pyridine rings is 1. The molecule has 234 valence electrons. The molecule has 0 aliphatic carbocycles. The van der Waals surface area contributed by atoms with Gasteiger partial charge in [0.2, 0.25) is 5.56 Å². The van der Waals surface area contributed by atoms with Crippen molar-refractivity contribution in [3.63, 3.8) is 0 Å². The van der Waals surface area contributed by atoms with Crippen molar-refractivity contribution in [2.24, 2.45) is 0 Å². The first-order chi connectivity index (χ1) is 22.3. The lowest BCUT2D eigenvalue weighted by atomic mass is 9.99. The Hall–Kier alpha value is -5.65. The van der Waals surface area contributed by atoms with Gasteiger partial charge in [-0.2, -0.15) is 0 Å². The zero-order valence-electron chi connectivity index (χ0n) is 24.7. The Morgan fingerprint density at radius 3 is 2.54 bits per heavy atom. The van der Waals surface area contributed by atoms with E-state index in [2.05, 4.69) is 15.6 Å². The summed E-state index contributed by atoms with van der Waals surface area (Å²) in [6.45, 7) is 1.02. The van der Waals surface area contributed by atoms with E-state index in [0.717, 1.165) is 22.3 Å². The number of oxazole rings is 1. The Labute approximate surface area is 262 Å². The van der Waals surface area contributed by atoms with E-state index in [1.165, 1.54) is 12.1 Å². The van der Waals surface area contributed by atoms with Crippen LogP contribution in [0.4, 0.5) is 10.5 Å². The maximum absolute atomic E-state index is 12.7. The van der Waals surface area contributed by atoms with E-state index in [0.29, 0.717) is 53.7 Å². The zero-order chi connectivity index (χ0) is 32.2. The van der Waals surface area contributed by atoms with Crippen LogP contribution in [-0.2, 0) is 19.5 Å². The third-order valence-electron chi connectivity index (χ3n) is 7.92. The number of nitrogens with zero attached hydrogens (tertiary/aromatic N) is 1. The number of amides is 1. The van der Waals surface area contributed by atoms with Gasteiger partial charge in [-0.3, -0.25) is 14.7 Å². The molecule has 0 unspecified atom stereocenters. The van der Waals surface area contributed by atoms with Gasteiger partial charge in [-0.25, -0.2) is 9.59 Å². The zero-order valence-corrected chi connectivity index (χ0v) is 24.7. The van der Waals surface area contributed by atoms with E-state index in [-0.39, 0.29) is 23.4 Å². The van der Waals surface area contributed by atoms with Crippen LogP contribution < -0.4 is 21.9 Å². The molecule has 6 N–H and O–H groups in total. The molecule has 0 saturated heterocycles. The highest BCUT2D eigenvalue weighted by molar-refractivity contribution is 5.91. The summed E-state index contributed by atoms with van der Waals surface area (Å²) in [6.07, 6.45) is -0.817. The highest BCUT2D eigenvalue weighted by atomic mass is 16.4. The molecule has 2 aromatic heterocycles. The smallest absolute Gasteiger partial charge is 0.419 e. The molecular weight excluding hydrogens is 588 g/mol. The monoisotopic (exact) mass is 620 g/mol. The fourth-order valence-electron chi connectivity index (χ4n) is 5.72. The predicted octanol–water partition coefficient (Wildman–Crippen LogP) is 5.35. The summed E-state index contributed by atoms with van der Waals surface area (Å²) in [5.41, 5.74) is 5.62. The van der Waals surface area contributed by atoms with Crippen molar-refractivity contribution in [2.45, 2.75) is 32.0 Å². The molecule has 2 heterocycles. The first-order valence-corrected chi connectivity index (χ1v) is 14.8. The Morgan fingerprint density at radius 1 is 0.935 bits per heavy atom. The molecular formula is C35H32N4O7. The number of aliphatic hydroxyl groups is 1. The molecule has 6 rings (SSSR count). The Morgan fingerprint density at radius 2 is 1.74 bits per heavy atom. The summed E-state index contributed by atoms with van der Waals surface area (Å²) in [6, 6.07) is 26.7. The molecule has 1 amide bonds. The van der Waals surface area contributed by atoms with Crippen molar-refractivity contribution in [3.05, 3.63) is 129 Å². The SMILES string of the molecule is O=C(O)Nc1cc(CCCn2c(=O)oc3ccc(CNC[C@H](O)c4ccc(O)c5[nH]c(=O)ccc45)cc32)ccc1-c1ccccc1. The minimum Gasteiger partial charge on any atom is -0.506 e. The Kier molecular flexibility index (Phi) is 8.68. The summed E-state index contributed by atoms with van der Waals surface area (Å²) in [4.78, 5) is 38.5. The summed E-state index contributed by atoms with van der Waals surface area (Å²) in [7, 11) is 0. The average molecular weight is 621 g/mol. The van der Waals surface area contributed by atoms with Crippen LogP contribution in [0.3, 0.4) is 0 Å². The number of phenols is 1. The number of rotatable bonds is 11. The second-order valence-corrected chi connectivity index (χ2v) is 11.0. The molecule has 1 atom stereocenters.